The van der Waals surface area contributed by atoms with Crippen molar-refractivity contribution in [3.63, 3.8) is 0 Å². The van der Waals surface area contributed by atoms with Gasteiger partial charge in [0.05, 0.1) is 0 Å². The molecule has 1 saturated heterocycles. The summed E-state index contributed by atoms with van der Waals surface area (Å²) in [6, 6.07) is 6.47. The number of aromatic nitrogens is 2. The Morgan fingerprint density at radius 3 is 2.88 bits per heavy atom. The Balaban J connectivity index is 1.54. The van der Waals surface area contributed by atoms with Crippen LogP contribution in [0.4, 0.5) is 0 Å². The van der Waals surface area contributed by atoms with Crippen LogP contribution in [0.3, 0.4) is 0 Å². The van der Waals surface area contributed by atoms with E-state index in [4.69, 9.17) is 0 Å². The van der Waals surface area contributed by atoms with Gasteiger partial charge in [-0.15, -0.1) is 11.3 Å². The van der Waals surface area contributed by atoms with Crippen molar-refractivity contribution in [3.8, 4) is 0 Å². The summed E-state index contributed by atoms with van der Waals surface area (Å²) >= 11 is 1.86. The lowest BCUT2D eigenvalue weighted by Gasteiger charge is -2.31. The molecule has 90 valence electrons. The van der Waals surface area contributed by atoms with Crippen LogP contribution in [0.25, 0.3) is 0 Å². The van der Waals surface area contributed by atoms with E-state index in [0.717, 1.165) is 6.54 Å². The highest BCUT2D eigenvalue weighted by Gasteiger charge is 2.21. The lowest BCUT2D eigenvalue weighted by molar-refractivity contribution is 0.205. The van der Waals surface area contributed by atoms with Crippen molar-refractivity contribution in [1.82, 2.24) is 15.1 Å². The van der Waals surface area contributed by atoms with Crippen molar-refractivity contribution in [2.24, 2.45) is 0 Å². The smallest absolute Gasteiger partial charge is 0.0490 e. The van der Waals surface area contributed by atoms with Crippen LogP contribution in [-0.4, -0.2) is 28.2 Å². The third kappa shape index (κ3) is 2.58. The molecule has 0 atom stereocenters. The molecular weight excluding hydrogens is 230 g/mol. The molecule has 0 unspecified atom stereocenters. The molecule has 0 radical (unpaired) electrons. The molecule has 4 heteroatoms. The third-order valence-electron chi connectivity index (χ3n) is 3.51. The van der Waals surface area contributed by atoms with Gasteiger partial charge in [-0.05, 0) is 43.4 Å². The molecule has 3 rings (SSSR count). The second kappa shape index (κ2) is 5.02. The molecule has 3 nitrogen and oxygen atoms in total. The molecule has 0 saturated carbocycles. The maximum atomic E-state index is 4.04. The maximum absolute atomic E-state index is 4.04. The van der Waals surface area contributed by atoms with Gasteiger partial charge < -0.3 is 0 Å². The number of hydrogen-bond acceptors (Lipinski definition) is 3. The summed E-state index contributed by atoms with van der Waals surface area (Å²) < 4.78 is 0. The van der Waals surface area contributed by atoms with E-state index in [1.165, 1.54) is 36.5 Å². The molecule has 0 amide bonds. The van der Waals surface area contributed by atoms with Crippen LogP contribution in [0.1, 0.15) is 29.3 Å². The van der Waals surface area contributed by atoms with Crippen LogP contribution in [-0.2, 0) is 6.54 Å². The predicted octanol–water partition coefficient (Wildman–Crippen LogP) is 2.85. The lowest BCUT2D eigenvalue weighted by Crippen LogP contribution is -2.32. The minimum atomic E-state index is 0.678. The summed E-state index contributed by atoms with van der Waals surface area (Å²) in [4.78, 5) is 4.03. The molecule has 1 aliphatic rings. The van der Waals surface area contributed by atoms with E-state index in [9.17, 15) is 0 Å². The van der Waals surface area contributed by atoms with E-state index in [2.05, 4.69) is 38.7 Å². The van der Waals surface area contributed by atoms with Gasteiger partial charge in [0, 0.05) is 29.2 Å². The van der Waals surface area contributed by atoms with Gasteiger partial charge in [-0.2, -0.15) is 5.10 Å². The minimum Gasteiger partial charge on any atom is -0.298 e. The summed E-state index contributed by atoms with van der Waals surface area (Å²) in [5.41, 5.74) is 1.31. The van der Waals surface area contributed by atoms with Crippen molar-refractivity contribution in [2.45, 2.75) is 25.3 Å². The largest absolute Gasteiger partial charge is 0.298 e. The molecule has 0 spiro atoms. The van der Waals surface area contributed by atoms with Gasteiger partial charge in [-0.25, -0.2) is 0 Å². The Bertz CT molecular complexity index is 427. The highest BCUT2D eigenvalue weighted by molar-refractivity contribution is 7.09. The topological polar surface area (TPSA) is 31.9 Å². The molecule has 3 heterocycles. The average molecular weight is 247 g/mol. The number of rotatable bonds is 3. The van der Waals surface area contributed by atoms with E-state index in [1.807, 2.05) is 17.5 Å². The molecule has 1 aliphatic heterocycles. The number of likely N-dealkylation sites (tertiary alicyclic amines) is 1. The van der Waals surface area contributed by atoms with Gasteiger partial charge in [-0.3, -0.25) is 10.00 Å². The van der Waals surface area contributed by atoms with Crippen LogP contribution in [0.5, 0.6) is 0 Å². The van der Waals surface area contributed by atoms with Gasteiger partial charge in [0.1, 0.15) is 0 Å². The number of aromatic amines is 1. The first kappa shape index (κ1) is 11.0. The fourth-order valence-corrected chi connectivity index (χ4v) is 3.27. The first-order chi connectivity index (χ1) is 8.42. The summed E-state index contributed by atoms with van der Waals surface area (Å²) in [6.07, 6.45) is 4.34. The van der Waals surface area contributed by atoms with Crippen molar-refractivity contribution in [2.75, 3.05) is 13.1 Å². The number of nitrogens with zero attached hydrogens (tertiary/aromatic N) is 2. The van der Waals surface area contributed by atoms with Gasteiger partial charge in [-0.1, -0.05) is 6.07 Å². The zero-order valence-corrected chi connectivity index (χ0v) is 10.6. The van der Waals surface area contributed by atoms with Crippen LogP contribution in [0.2, 0.25) is 0 Å². The van der Waals surface area contributed by atoms with Gasteiger partial charge in [0.2, 0.25) is 0 Å². The van der Waals surface area contributed by atoms with Crippen molar-refractivity contribution < 1.29 is 0 Å². The first-order valence-corrected chi connectivity index (χ1v) is 7.04. The molecule has 0 bridgehead atoms. The first-order valence-electron chi connectivity index (χ1n) is 6.16. The van der Waals surface area contributed by atoms with Crippen LogP contribution < -0.4 is 0 Å². The number of nitrogens with one attached hydrogen (secondary N) is 1. The third-order valence-corrected chi connectivity index (χ3v) is 4.37. The zero-order valence-electron chi connectivity index (χ0n) is 9.80. The SMILES string of the molecule is c1csc(CN2CCC(c3ccn[nH]3)CC2)c1. The van der Waals surface area contributed by atoms with E-state index in [0.29, 0.717) is 5.92 Å². The standard InChI is InChI=1S/C13H17N3S/c1-2-12(17-9-1)10-16-7-4-11(5-8-16)13-3-6-14-15-13/h1-3,6,9,11H,4-5,7-8,10H2,(H,14,15). The molecule has 2 aromatic heterocycles. The minimum absolute atomic E-state index is 0.678. The van der Waals surface area contributed by atoms with Crippen molar-refractivity contribution in [3.05, 3.63) is 40.3 Å². The lowest BCUT2D eigenvalue weighted by atomic mass is 9.94. The molecule has 0 aromatic carbocycles. The van der Waals surface area contributed by atoms with Crippen LogP contribution in [0, 0.1) is 0 Å². The normalized spacial score (nSPS) is 18.6. The summed E-state index contributed by atoms with van der Waals surface area (Å²) in [5, 5.41) is 9.30. The number of thiophene rings is 1. The monoisotopic (exact) mass is 247 g/mol. The second-order valence-corrected chi connectivity index (χ2v) is 5.67. The zero-order chi connectivity index (χ0) is 11.5. The predicted molar refractivity (Wildman–Crippen MR) is 70.2 cm³/mol. The highest BCUT2D eigenvalue weighted by atomic mass is 32.1. The van der Waals surface area contributed by atoms with Gasteiger partial charge in [0.15, 0.2) is 0 Å². The summed E-state index contributed by atoms with van der Waals surface area (Å²) in [5.74, 6) is 0.678. The van der Waals surface area contributed by atoms with E-state index < -0.39 is 0 Å². The molecule has 1 N–H and O–H groups in total. The number of H-pyrrole nitrogens is 1. The van der Waals surface area contributed by atoms with Crippen LogP contribution >= 0.6 is 11.3 Å². The fourth-order valence-electron chi connectivity index (χ4n) is 2.52. The maximum Gasteiger partial charge on any atom is 0.0490 e. The molecule has 2 aromatic rings. The van der Waals surface area contributed by atoms with E-state index in [-0.39, 0.29) is 0 Å². The highest BCUT2D eigenvalue weighted by Crippen LogP contribution is 2.27. The number of piperidine rings is 1. The average Bonchev–Trinajstić information content (AvgIpc) is 3.01. The Labute approximate surface area is 105 Å². The molecular formula is C13H17N3S. The Kier molecular flexibility index (Phi) is 3.25. The quantitative estimate of drug-likeness (QED) is 0.904. The number of hydrogen-bond donors (Lipinski definition) is 1. The van der Waals surface area contributed by atoms with Crippen molar-refractivity contribution in [1.29, 1.82) is 0 Å². The van der Waals surface area contributed by atoms with Crippen molar-refractivity contribution >= 4 is 11.3 Å². The Morgan fingerprint density at radius 2 is 2.24 bits per heavy atom. The summed E-state index contributed by atoms with van der Waals surface area (Å²) in [6.45, 7) is 3.51. The van der Waals surface area contributed by atoms with Gasteiger partial charge in [0.25, 0.3) is 0 Å². The molecule has 1 fully saturated rings. The molecule has 17 heavy (non-hydrogen) atoms. The van der Waals surface area contributed by atoms with E-state index in [1.54, 1.807) is 0 Å². The Morgan fingerprint density at radius 1 is 1.35 bits per heavy atom. The fraction of sp³-hybridized carbons (Fsp3) is 0.462. The molecule has 0 aliphatic carbocycles. The van der Waals surface area contributed by atoms with Gasteiger partial charge >= 0.3 is 0 Å². The summed E-state index contributed by atoms with van der Waals surface area (Å²) in [7, 11) is 0. The van der Waals surface area contributed by atoms with Crippen LogP contribution in [0.15, 0.2) is 29.8 Å². The Hall–Kier alpha value is -1.13. The van der Waals surface area contributed by atoms with E-state index >= 15 is 0 Å². The second-order valence-electron chi connectivity index (χ2n) is 4.64.